The van der Waals surface area contributed by atoms with Crippen LogP contribution in [0.25, 0.3) is 0 Å². The standard InChI is InChI=1S/C19H23N3O3/c1-20-19(23)22(24)16-7-10-18-15(12-16)4-3-11-21(18)13-14-5-8-17(25-2)9-6-14/h5-10,12,24H,3-4,11,13H2,1-2H3,(H,20,23). The Kier molecular flexibility index (Phi) is 5.09. The molecule has 0 fully saturated rings. The number of ether oxygens (including phenoxy) is 1. The van der Waals surface area contributed by atoms with Crippen LogP contribution in [0.1, 0.15) is 17.5 Å². The summed E-state index contributed by atoms with van der Waals surface area (Å²) in [6.07, 6.45) is 1.97. The molecule has 0 spiro atoms. The monoisotopic (exact) mass is 341 g/mol. The fourth-order valence-electron chi connectivity index (χ4n) is 3.13. The molecule has 2 aromatic rings. The summed E-state index contributed by atoms with van der Waals surface area (Å²) < 4.78 is 5.20. The van der Waals surface area contributed by atoms with Gasteiger partial charge in [0.1, 0.15) is 5.75 Å². The summed E-state index contributed by atoms with van der Waals surface area (Å²) in [4.78, 5) is 13.9. The first kappa shape index (κ1) is 17.1. The fourth-order valence-corrected chi connectivity index (χ4v) is 3.13. The largest absolute Gasteiger partial charge is 0.497 e. The Morgan fingerprint density at radius 2 is 2.04 bits per heavy atom. The molecule has 0 aromatic heterocycles. The van der Waals surface area contributed by atoms with Crippen molar-refractivity contribution in [3.63, 3.8) is 0 Å². The smallest absolute Gasteiger partial charge is 0.345 e. The van der Waals surface area contributed by atoms with Gasteiger partial charge in [0.15, 0.2) is 0 Å². The maximum Gasteiger partial charge on any atom is 0.345 e. The Labute approximate surface area is 147 Å². The molecule has 6 nitrogen and oxygen atoms in total. The minimum Gasteiger partial charge on any atom is -0.497 e. The number of nitrogens with one attached hydrogen (secondary N) is 1. The second-order valence-electron chi connectivity index (χ2n) is 6.05. The normalized spacial score (nSPS) is 13.2. The number of hydrogen-bond donors (Lipinski definition) is 2. The highest BCUT2D eigenvalue weighted by Crippen LogP contribution is 2.32. The maximum absolute atomic E-state index is 11.6. The zero-order valence-corrected chi connectivity index (χ0v) is 14.5. The van der Waals surface area contributed by atoms with E-state index in [1.165, 1.54) is 12.6 Å². The van der Waals surface area contributed by atoms with E-state index in [1.54, 1.807) is 13.2 Å². The van der Waals surface area contributed by atoms with Gasteiger partial charge in [-0.25, -0.2) is 4.79 Å². The van der Waals surface area contributed by atoms with Gasteiger partial charge in [0.2, 0.25) is 0 Å². The van der Waals surface area contributed by atoms with Crippen molar-refractivity contribution in [3.8, 4) is 5.75 Å². The molecule has 0 aliphatic carbocycles. The number of benzene rings is 2. The number of hydrogen-bond acceptors (Lipinski definition) is 4. The van der Waals surface area contributed by atoms with Gasteiger partial charge in [0, 0.05) is 25.8 Å². The number of carbonyl (C=O) groups excluding carboxylic acids is 1. The molecule has 132 valence electrons. The number of amides is 2. The van der Waals surface area contributed by atoms with Crippen molar-refractivity contribution < 1.29 is 14.7 Å². The molecule has 2 amide bonds. The average Bonchev–Trinajstić information content (AvgIpc) is 2.67. The molecular weight excluding hydrogens is 318 g/mol. The van der Waals surface area contributed by atoms with Crippen LogP contribution in [-0.2, 0) is 13.0 Å². The number of anilines is 2. The Morgan fingerprint density at radius 1 is 1.28 bits per heavy atom. The predicted molar refractivity (Wildman–Crippen MR) is 97.5 cm³/mol. The first-order valence-corrected chi connectivity index (χ1v) is 8.34. The van der Waals surface area contributed by atoms with Crippen LogP contribution in [0.4, 0.5) is 16.2 Å². The summed E-state index contributed by atoms with van der Waals surface area (Å²) in [5.41, 5.74) is 3.98. The minimum atomic E-state index is -0.550. The molecule has 2 N–H and O–H groups in total. The van der Waals surface area contributed by atoms with E-state index in [0.29, 0.717) is 10.8 Å². The van der Waals surface area contributed by atoms with Crippen LogP contribution in [0.2, 0.25) is 0 Å². The summed E-state index contributed by atoms with van der Waals surface area (Å²) in [7, 11) is 3.15. The highest BCUT2D eigenvalue weighted by Gasteiger charge is 2.20. The third-order valence-electron chi connectivity index (χ3n) is 4.46. The van der Waals surface area contributed by atoms with Crippen molar-refractivity contribution in [2.24, 2.45) is 0 Å². The summed E-state index contributed by atoms with van der Waals surface area (Å²) in [5, 5.41) is 13.0. The van der Waals surface area contributed by atoms with Gasteiger partial charge in [-0.2, -0.15) is 5.06 Å². The van der Waals surface area contributed by atoms with E-state index in [4.69, 9.17) is 4.74 Å². The molecule has 1 aliphatic heterocycles. The van der Waals surface area contributed by atoms with Crippen molar-refractivity contribution in [1.29, 1.82) is 0 Å². The highest BCUT2D eigenvalue weighted by molar-refractivity contribution is 5.89. The molecule has 25 heavy (non-hydrogen) atoms. The lowest BCUT2D eigenvalue weighted by Crippen LogP contribution is -2.35. The molecule has 0 atom stereocenters. The Morgan fingerprint density at radius 3 is 2.72 bits per heavy atom. The molecule has 1 heterocycles. The van der Waals surface area contributed by atoms with Gasteiger partial charge in [-0.1, -0.05) is 12.1 Å². The second kappa shape index (κ2) is 7.44. The van der Waals surface area contributed by atoms with Gasteiger partial charge < -0.3 is 15.0 Å². The molecule has 3 rings (SSSR count). The Balaban J connectivity index is 1.80. The number of carbonyl (C=O) groups is 1. The average molecular weight is 341 g/mol. The fraction of sp³-hybridized carbons (Fsp3) is 0.316. The Hall–Kier alpha value is -2.73. The number of nitrogens with zero attached hydrogens (tertiary/aromatic N) is 2. The zero-order valence-electron chi connectivity index (χ0n) is 14.5. The quantitative estimate of drug-likeness (QED) is 0.662. The van der Waals surface area contributed by atoms with Crippen molar-refractivity contribution in [1.82, 2.24) is 5.32 Å². The molecule has 0 saturated heterocycles. The van der Waals surface area contributed by atoms with Crippen molar-refractivity contribution >= 4 is 17.4 Å². The van der Waals surface area contributed by atoms with Crippen LogP contribution in [0, 0.1) is 0 Å². The number of urea groups is 1. The van der Waals surface area contributed by atoms with Crippen LogP contribution in [0.15, 0.2) is 42.5 Å². The van der Waals surface area contributed by atoms with Crippen LogP contribution in [0.3, 0.4) is 0 Å². The third kappa shape index (κ3) is 3.69. The van der Waals surface area contributed by atoms with Gasteiger partial charge in [-0.05, 0) is 54.3 Å². The molecule has 1 aliphatic rings. The van der Waals surface area contributed by atoms with E-state index in [-0.39, 0.29) is 0 Å². The van der Waals surface area contributed by atoms with Crippen molar-refractivity contribution in [2.45, 2.75) is 19.4 Å². The molecule has 2 aromatic carbocycles. The van der Waals surface area contributed by atoms with E-state index in [2.05, 4.69) is 22.3 Å². The molecule has 0 bridgehead atoms. The number of methoxy groups -OCH3 is 1. The molecule has 0 unspecified atom stereocenters. The van der Waals surface area contributed by atoms with E-state index in [9.17, 15) is 10.0 Å². The minimum absolute atomic E-state index is 0.476. The van der Waals surface area contributed by atoms with Gasteiger partial charge in [-0.15, -0.1) is 0 Å². The topological polar surface area (TPSA) is 65.0 Å². The first-order valence-electron chi connectivity index (χ1n) is 8.34. The second-order valence-corrected chi connectivity index (χ2v) is 6.05. The van der Waals surface area contributed by atoms with E-state index in [1.807, 2.05) is 24.3 Å². The maximum atomic E-state index is 11.6. The first-order chi connectivity index (χ1) is 12.1. The summed E-state index contributed by atoms with van der Waals surface area (Å²) in [6, 6.07) is 13.1. The SMILES string of the molecule is CNC(=O)N(O)c1ccc2c(c1)CCCN2Cc1ccc(OC)cc1. The summed E-state index contributed by atoms with van der Waals surface area (Å²) in [5.74, 6) is 0.852. The number of hydroxylamine groups is 1. The highest BCUT2D eigenvalue weighted by atomic mass is 16.5. The molecular formula is C19H23N3O3. The Bertz CT molecular complexity index is 746. The van der Waals surface area contributed by atoms with Crippen LogP contribution < -0.4 is 20.0 Å². The lowest BCUT2D eigenvalue weighted by molar-refractivity contribution is 0.206. The number of aryl methyl sites for hydroxylation is 1. The zero-order chi connectivity index (χ0) is 17.8. The third-order valence-corrected chi connectivity index (χ3v) is 4.46. The van der Waals surface area contributed by atoms with Crippen LogP contribution in [0.5, 0.6) is 5.75 Å². The molecule has 6 heteroatoms. The van der Waals surface area contributed by atoms with Crippen molar-refractivity contribution in [2.75, 3.05) is 30.7 Å². The number of rotatable bonds is 4. The lowest BCUT2D eigenvalue weighted by Gasteiger charge is -2.32. The van der Waals surface area contributed by atoms with E-state index < -0.39 is 6.03 Å². The molecule has 0 radical (unpaired) electrons. The lowest BCUT2D eigenvalue weighted by atomic mass is 10.00. The van der Waals surface area contributed by atoms with Gasteiger partial charge in [0.05, 0.1) is 12.8 Å². The van der Waals surface area contributed by atoms with Gasteiger partial charge in [0.25, 0.3) is 0 Å². The van der Waals surface area contributed by atoms with Gasteiger partial charge in [-0.3, -0.25) is 5.21 Å². The van der Waals surface area contributed by atoms with Crippen LogP contribution >= 0.6 is 0 Å². The van der Waals surface area contributed by atoms with E-state index >= 15 is 0 Å². The van der Waals surface area contributed by atoms with E-state index in [0.717, 1.165) is 42.9 Å². The van der Waals surface area contributed by atoms with Crippen LogP contribution in [-0.4, -0.2) is 31.9 Å². The predicted octanol–water partition coefficient (Wildman–Crippen LogP) is 3.18. The number of fused-ring (bicyclic) bond motifs is 1. The molecule has 0 saturated carbocycles. The van der Waals surface area contributed by atoms with Crippen molar-refractivity contribution in [3.05, 3.63) is 53.6 Å². The summed E-state index contributed by atoms with van der Waals surface area (Å²) >= 11 is 0. The van der Waals surface area contributed by atoms with Gasteiger partial charge >= 0.3 is 6.03 Å². The summed E-state index contributed by atoms with van der Waals surface area (Å²) in [6.45, 7) is 1.80.